The van der Waals surface area contributed by atoms with Crippen molar-refractivity contribution in [1.82, 2.24) is 5.32 Å². The minimum atomic E-state index is -4.08. The SMILES string of the molecule is NC1CCNCCC1CC(F)(F)F. The van der Waals surface area contributed by atoms with Crippen LogP contribution in [0.5, 0.6) is 0 Å². The molecular formula is C8H15F3N2. The van der Waals surface area contributed by atoms with E-state index in [1.807, 2.05) is 0 Å². The summed E-state index contributed by atoms with van der Waals surface area (Å²) in [5.41, 5.74) is 5.65. The van der Waals surface area contributed by atoms with E-state index in [1.54, 1.807) is 0 Å². The first-order chi connectivity index (χ1) is 5.99. The van der Waals surface area contributed by atoms with Gasteiger partial charge in [-0.25, -0.2) is 0 Å². The van der Waals surface area contributed by atoms with Gasteiger partial charge in [0.25, 0.3) is 0 Å². The van der Waals surface area contributed by atoms with E-state index in [-0.39, 0.29) is 6.04 Å². The highest BCUT2D eigenvalue weighted by molar-refractivity contribution is 4.79. The minimum absolute atomic E-state index is 0.309. The molecule has 0 radical (unpaired) electrons. The van der Waals surface area contributed by atoms with Crippen LogP contribution in [0, 0.1) is 5.92 Å². The van der Waals surface area contributed by atoms with Crippen LogP contribution in [0.4, 0.5) is 13.2 Å². The van der Waals surface area contributed by atoms with Crippen LogP contribution in [0.25, 0.3) is 0 Å². The third-order valence-corrected chi connectivity index (χ3v) is 2.45. The van der Waals surface area contributed by atoms with Crippen LogP contribution >= 0.6 is 0 Å². The van der Waals surface area contributed by atoms with Crippen LogP contribution in [-0.4, -0.2) is 25.3 Å². The summed E-state index contributed by atoms with van der Waals surface area (Å²) in [6.45, 7) is 1.38. The fraction of sp³-hybridized carbons (Fsp3) is 1.00. The molecule has 13 heavy (non-hydrogen) atoms. The second kappa shape index (κ2) is 4.28. The van der Waals surface area contributed by atoms with Gasteiger partial charge in [-0.2, -0.15) is 13.2 Å². The standard InChI is InChI=1S/C8H15F3N2/c9-8(10,11)5-6-1-3-13-4-2-7(6)12/h6-7,13H,1-5,12H2. The maximum Gasteiger partial charge on any atom is 0.389 e. The predicted octanol–water partition coefficient (Wildman–Crippen LogP) is 1.27. The van der Waals surface area contributed by atoms with Crippen LogP contribution in [-0.2, 0) is 0 Å². The zero-order valence-electron chi connectivity index (χ0n) is 7.40. The lowest BCUT2D eigenvalue weighted by Gasteiger charge is -2.21. The maximum absolute atomic E-state index is 12.1. The molecule has 0 spiro atoms. The molecule has 1 aliphatic heterocycles. The van der Waals surface area contributed by atoms with Gasteiger partial charge in [-0.3, -0.25) is 0 Å². The highest BCUT2D eigenvalue weighted by Gasteiger charge is 2.34. The molecule has 0 bridgehead atoms. The van der Waals surface area contributed by atoms with Gasteiger partial charge in [0.05, 0.1) is 0 Å². The van der Waals surface area contributed by atoms with Crippen LogP contribution in [0.1, 0.15) is 19.3 Å². The molecule has 3 N–H and O–H groups in total. The third-order valence-electron chi connectivity index (χ3n) is 2.45. The normalized spacial score (nSPS) is 31.4. The predicted molar refractivity (Wildman–Crippen MR) is 44.2 cm³/mol. The largest absolute Gasteiger partial charge is 0.389 e. The van der Waals surface area contributed by atoms with Crippen molar-refractivity contribution < 1.29 is 13.2 Å². The number of alkyl halides is 3. The number of hydrogen-bond acceptors (Lipinski definition) is 2. The molecule has 0 aliphatic carbocycles. The van der Waals surface area contributed by atoms with E-state index >= 15 is 0 Å². The van der Waals surface area contributed by atoms with Crippen molar-refractivity contribution in [2.24, 2.45) is 11.7 Å². The van der Waals surface area contributed by atoms with Crippen molar-refractivity contribution in [2.45, 2.75) is 31.5 Å². The minimum Gasteiger partial charge on any atom is -0.327 e. The van der Waals surface area contributed by atoms with Crippen LogP contribution in [0.15, 0.2) is 0 Å². The Morgan fingerprint density at radius 2 is 1.85 bits per heavy atom. The topological polar surface area (TPSA) is 38.0 Å². The smallest absolute Gasteiger partial charge is 0.327 e. The fourth-order valence-corrected chi connectivity index (χ4v) is 1.68. The summed E-state index contributed by atoms with van der Waals surface area (Å²) in [6, 6.07) is -0.309. The van der Waals surface area contributed by atoms with E-state index in [0.717, 1.165) is 6.54 Å². The van der Waals surface area contributed by atoms with Gasteiger partial charge in [0.2, 0.25) is 0 Å². The summed E-state index contributed by atoms with van der Waals surface area (Å²) in [5.74, 6) is -0.407. The monoisotopic (exact) mass is 196 g/mol. The van der Waals surface area contributed by atoms with E-state index in [2.05, 4.69) is 5.32 Å². The molecule has 2 nitrogen and oxygen atoms in total. The molecule has 0 aromatic carbocycles. The van der Waals surface area contributed by atoms with E-state index in [0.29, 0.717) is 19.4 Å². The van der Waals surface area contributed by atoms with Gasteiger partial charge in [-0.1, -0.05) is 0 Å². The Kier molecular flexibility index (Phi) is 3.55. The van der Waals surface area contributed by atoms with Crippen LogP contribution in [0.2, 0.25) is 0 Å². The summed E-state index contributed by atoms with van der Waals surface area (Å²) in [7, 11) is 0. The number of nitrogens with two attached hydrogens (primary N) is 1. The lowest BCUT2D eigenvalue weighted by Crippen LogP contribution is -2.33. The first-order valence-corrected chi connectivity index (χ1v) is 4.52. The van der Waals surface area contributed by atoms with Gasteiger partial charge in [0.15, 0.2) is 0 Å². The number of rotatable bonds is 1. The van der Waals surface area contributed by atoms with Gasteiger partial charge < -0.3 is 11.1 Å². The molecule has 0 amide bonds. The van der Waals surface area contributed by atoms with Crippen LogP contribution < -0.4 is 11.1 Å². The number of halogens is 3. The summed E-state index contributed by atoms with van der Waals surface area (Å²) in [4.78, 5) is 0. The average molecular weight is 196 g/mol. The van der Waals surface area contributed by atoms with E-state index in [4.69, 9.17) is 5.73 Å². The van der Waals surface area contributed by atoms with Gasteiger partial charge in [-0.05, 0) is 31.8 Å². The molecule has 1 fully saturated rings. The number of hydrogen-bond donors (Lipinski definition) is 2. The molecule has 0 saturated carbocycles. The molecule has 1 aliphatic rings. The van der Waals surface area contributed by atoms with Crippen molar-refractivity contribution in [1.29, 1.82) is 0 Å². The molecule has 5 heteroatoms. The van der Waals surface area contributed by atoms with E-state index in [1.165, 1.54) is 0 Å². The zero-order chi connectivity index (χ0) is 9.90. The Morgan fingerprint density at radius 3 is 2.46 bits per heavy atom. The molecule has 2 unspecified atom stereocenters. The molecule has 78 valence electrons. The van der Waals surface area contributed by atoms with Crippen molar-refractivity contribution >= 4 is 0 Å². The second-order valence-corrected chi connectivity index (χ2v) is 3.57. The third kappa shape index (κ3) is 3.95. The zero-order valence-corrected chi connectivity index (χ0v) is 7.40. The lowest BCUT2D eigenvalue weighted by atomic mass is 9.92. The summed E-state index contributed by atoms with van der Waals surface area (Å²) in [5, 5.41) is 3.05. The lowest BCUT2D eigenvalue weighted by molar-refractivity contribution is -0.146. The van der Waals surface area contributed by atoms with E-state index < -0.39 is 18.5 Å². The Labute approximate surface area is 75.7 Å². The first kappa shape index (κ1) is 10.8. The van der Waals surface area contributed by atoms with Crippen molar-refractivity contribution in [3.05, 3.63) is 0 Å². The van der Waals surface area contributed by atoms with Crippen molar-refractivity contribution in [3.63, 3.8) is 0 Å². The Bertz CT molecular complexity index is 158. The summed E-state index contributed by atoms with van der Waals surface area (Å²) < 4.78 is 36.2. The Morgan fingerprint density at radius 1 is 1.23 bits per heavy atom. The van der Waals surface area contributed by atoms with Gasteiger partial charge in [-0.15, -0.1) is 0 Å². The fourth-order valence-electron chi connectivity index (χ4n) is 1.68. The summed E-state index contributed by atoms with van der Waals surface area (Å²) in [6.07, 6.45) is -3.65. The second-order valence-electron chi connectivity index (χ2n) is 3.57. The molecule has 2 atom stereocenters. The first-order valence-electron chi connectivity index (χ1n) is 4.52. The molecule has 1 rings (SSSR count). The quantitative estimate of drug-likeness (QED) is 0.662. The summed E-state index contributed by atoms with van der Waals surface area (Å²) >= 11 is 0. The van der Waals surface area contributed by atoms with E-state index in [9.17, 15) is 13.2 Å². The van der Waals surface area contributed by atoms with Crippen molar-refractivity contribution in [3.8, 4) is 0 Å². The highest BCUT2D eigenvalue weighted by atomic mass is 19.4. The number of nitrogens with one attached hydrogen (secondary N) is 1. The van der Waals surface area contributed by atoms with Crippen LogP contribution in [0.3, 0.4) is 0 Å². The molecular weight excluding hydrogens is 181 g/mol. The Balaban J connectivity index is 2.45. The molecule has 1 heterocycles. The van der Waals surface area contributed by atoms with Crippen molar-refractivity contribution in [2.75, 3.05) is 13.1 Å². The molecule has 1 saturated heterocycles. The maximum atomic E-state index is 12.1. The molecule has 0 aromatic heterocycles. The average Bonchev–Trinajstić information content (AvgIpc) is 2.14. The highest BCUT2D eigenvalue weighted by Crippen LogP contribution is 2.29. The van der Waals surface area contributed by atoms with Gasteiger partial charge in [0.1, 0.15) is 0 Å². The molecule has 0 aromatic rings. The van der Waals surface area contributed by atoms with Gasteiger partial charge in [0, 0.05) is 12.5 Å². The van der Waals surface area contributed by atoms with Gasteiger partial charge >= 0.3 is 6.18 Å². The Hall–Kier alpha value is -0.290.